The van der Waals surface area contributed by atoms with Gasteiger partial charge in [-0.1, -0.05) is 24.3 Å². The summed E-state index contributed by atoms with van der Waals surface area (Å²) in [4.78, 5) is 0. The molecule has 0 unspecified atom stereocenters. The maximum Gasteiger partial charge on any atom is 0.0178 e. The van der Waals surface area contributed by atoms with E-state index in [1.165, 1.54) is 30.4 Å². The van der Waals surface area contributed by atoms with Crippen molar-refractivity contribution < 1.29 is 0 Å². The molecule has 1 aromatic rings. The quantitative estimate of drug-likeness (QED) is 0.721. The van der Waals surface area contributed by atoms with Crippen molar-refractivity contribution in [3.05, 3.63) is 35.4 Å². The van der Waals surface area contributed by atoms with Crippen LogP contribution in [-0.4, -0.2) is 0 Å². The molecular formula is C11H15N. The van der Waals surface area contributed by atoms with E-state index >= 15 is 0 Å². The molecule has 0 amide bonds. The molecule has 1 heteroatoms. The van der Waals surface area contributed by atoms with E-state index < -0.39 is 0 Å². The Morgan fingerprint density at radius 2 is 1.67 bits per heavy atom. The monoisotopic (exact) mass is 161 g/mol. The molecule has 1 saturated carbocycles. The average molecular weight is 161 g/mol. The SMILES string of the molecule is NCc1ccc(CC2CC2)cc1. The average Bonchev–Trinajstić information content (AvgIpc) is 2.90. The molecule has 1 nitrogen and oxygen atoms in total. The van der Waals surface area contributed by atoms with Crippen LogP contribution in [0.4, 0.5) is 0 Å². The summed E-state index contributed by atoms with van der Waals surface area (Å²) in [6.07, 6.45) is 4.13. The zero-order valence-corrected chi connectivity index (χ0v) is 7.29. The molecule has 12 heavy (non-hydrogen) atoms. The standard InChI is InChI=1S/C11H15N/c12-8-11-5-3-10(4-6-11)7-9-1-2-9/h3-6,9H,1-2,7-8,12H2. The molecule has 1 aliphatic rings. The maximum absolute atomic E-state index is 5.51. The molecule has 1 aliphatic carbocycles. The normalized spacial score (nSPS) is 16.4. The summed E-state index contributed by atoms with van der Waals surface area (Å²) < 4.78 is 0. The molecule has 0 bridgehead atoms. The first kappa shape index (κ1) is 7.81. The van der Waals surface area contributed by atoms with E-state index in [2.05, 4.69) is 24.3 Å². The van der Waals surface area contributed by atoms with Gasteiger partial charge in [-0.05, 0) is 36.3 Å². The van der Waals surface area contributed by atoms with Crippen LogP contribution in [0.1, 0.15) is 24.0 Å². The van der Waals surface area contributed by atoms with Crippen LogP contribution >= 0.6 is 0 Å². The summed E-state index contributed by atoms with van der Waals surface area (Å²) in [5.74, 6) is 0.980. The maximum atomic E-state index is 5.51. The minimum absolute atomic E-state index is 0.656. The molecule has 0 aromatic heterocycles. The molecular weight excluding hydrogens is 146 g/mol. The highest BCUT2D eigenvalue weighted by Gasteiger charge is 2.20. The number of rotatable bonds is 3. The number of hydrogen-bond donors (Lipinski definition) is 1. The first-order valence-electron chi connectivity index (χ1n) is 4.66. The Bertz CT molecular complexity index is 246. The Hall–Kier alpha value is -0.820. The van der Waals surface area contributed by atoms with E-state index in [0.29, 0.717) is 6.54 Å². The first-order chi connectivity index (χ1) is 5.88. The van der Waals surface area contributed by atoms with Crippen molar-refractivity contribution >= 4 is 0 Å². The molecule has 1 fully saturated rings. The Morgan fingerprint density at radius 1 is 1.08 bits per heavy atom. The van der Waals surface area contributed by atoms with E-state index in [1.54, 1.807) is 0 Å². The zero-order chi connectivity index (χ0) is 8.39. The van der Waals surface area contributed by atoms with Gasteiger partial charge in [-0.2, -0.15) is 0 Å². The third-order valence-electron chi connectivity index (χ3n) is 2.48. The molecule has 0 radical (unpaired) electrons. The van der Waals surface area contributed by atoms with E-state index in [-0.39, 0.29) is 0 Å². The lowest BCUT2D eigenvalue weighted by Crippen LogP contribution is -1.96. The van der Waals surface area contributed by atoms with Crippen LogP contribution in [0.3, 0.4) is 0 Å². The fraction of sp³-hybridized carbons (Fsp3) is 0.455. The van der Waals surface area contributed by atoms with E-state index in [9.17, 15) is 0 Å². The Kier molecular flexibility index (Phi) is 2.13. The Labute approximate surface area is 73.6 Å². The van der Waals surface area contributed by atoms with Gasteiger partial charge >= 0.3 is 0 Å². The summed E-state index contributed by atoms with van der Waals surface area (Å²) in [6.45, 7) is 0.656. The van der Waals surface area contributed by atoms with Gasteiger partial charge in [-0.15, -0.1) is 0 Å². The highest BCUT2D eigenvalue weighted by atomic mass is 14.5. The predicted octanol–water partition coefficient (Wildman–Crippen LogP) is 2.10. The van der Waals surface area contributed by atoms with Gasteiger partial charge in [-0.25, -0.2) is 0 Å². The lowest BCUT2D eigenvalue weighted by Gasteiger charge is -2.00. The lowest BCUT2D eigenvalue weighted by molar-refractivity contribution is 0.831. The highest BCUT2D eigenvalue weighted by Crippen LogP contribution is 2.32. The fourth-order valence-corrected chi connectivity index (χ4v) is 1.47. The molecule has 2 N–H and O–H groups in total. The molecule has 0 heterocycles. The summed E-state index contributed by atoms with van der Waals surface area (Å²) in [5.41, 5.74) is 8.21. The summed E-state index contributed by atoms with van der Waals surface area (Å²) >= 11 is 0. The third kappa shape index (κ3) is 1.86. The smallest absolute Gasteiger partial charge is 0.0178 e. The highest BCUT2D eigenvalue weighted by molar-refractivity contribution is 5.23. The van der Waals surface area contributed by atoms with E-state index in [0.717, 1.165) is 5.92 Å². The lowest BCUT2D eigenvalue weighted by atomic mass is 10.1. The van der Waals surface area contributed by atoms with Crippen molar-refractivity contribution in [3.63, 3.8) is 0 Å². The number of nitrogens with two attached hydrogens (primary N) is 1. The zero-order valence-electron chi connectivity index (χ0n) is 7.29. The van der Waals surface area contributed by atoms with Gasteiger partial charge in [0.05, 0.1) is 0 Å². The first-order valence-corrected chi connectivity index (χ1v) is 4.66. The molecule has 0 aliphatic heterocycles. The second-order valence-corrected chi connectivity index (χ2v) is 3.67. The van der Waals surface area contributed by atoms with Crippen LogP contribution in [0.25, 0.3) is 0 Å². The van der Waals surface area contributed by atoms with Gasteiger partial charge in [0.25, 0.3) is 0 Å². The van der Waals surface area contributed by atoms with Gasteiger partial charge in [0.2, 0.25) is 0 Å². The molecule has 2 rings (SSSR count). The van der Waals surface area contributed by atoms with Crippen molar-refractivity contribution in [3.8, 4) is 0 Å². The molecule has 0 atom stereocenters. The minimum atomic E-state index is 0.656. The minimum Gasteiger partial charge on any atom is -0.326 e. The van der Waals surface area contributed by atoms with Crippen LogP contribution in [0, 0.1) is 5.92 Å². The van der Waals surface area contributed by atoms with Crippen LogP contribution in [-0.2, 0) is 13.0 Å². The van der Waals surface area contributed by atoms with Crippen molar-refractivity contribution in [1.29, 1.82) is 0 Å². The van der Waals surface area contributed by atoms with Crippen LogP contribution in [0.5, 0.6) is 0 Å². The summed E-state index contributed by atoms with van der Waals surface area (Å²) in [5, 5.41) is 0. The number of hydrogen-bond acceptors (Lipinski definition) is 1. The second-order valence-electron chi connectivity index (χ2n) is 3.67. The largest absolute Gasteiger partial charge is 0.326 e. The molecule has 1 aromatic carbocycles. The molecule has 0 spiro atoms. The Balaban J connectivity index is 2.02. The van der Waals surface area contributed by atoms with Gasteiger partial charge in [0.15, 0.2) is 0 Å². The van der Waals surface area contributed by atoms with Crippen molar-refractivity contribution in [2.75, 3.05) is 0 Å². The fourth-order valence-electron chi connectivity index (χ4n) is 1.47. The predicted molar refractivity (Wildman–Crippen MR) is 50.8 cm³/mol. The summed E-state index contributed by atoms with van der Waals surface area (Å²) in [7, 11) is 0. The van der Waals surface area contributed by atoms with Gasteiger partial charge in [0, 0.05) is 6.54 Å². The van der Waals surface area contributed by atoms with Gasteiger partial charge in [-0.3, -0.25) is 0 Å². The third-order valence-corrected chi connectivity index (χ3v) is 2.48. The van der Waals surface area contributed by atoms with Crippen LogP contribution in [0.2, 0.25) is 0 Å². The molecule has 64 valence electrons. The van der Waals surface area contributed by atoms with Crippen molar-refractivity contribution in [1.82, 2.24) is 0 Å². The Morgan fingerprint density at radius 3 is 2.17 bits per heavy atom. The topological polar surface area (TPSA) is 26.0 Å². The van der Waals surface area contributed by atoms with E-state index in [1.807, 2.05) is 0 Å². The van der Waals surface area contributed by atoms with Crippen LogP contribution < -0.4 is 5.73 Å². The van der Waals surface area contributed by atoms with Crippen LogP contribution in [0.15, 0.2) is 24.3 Å². The molecule has 0 saturated heterocycles. The van der Waals surface area contributed by atoms with E-state index in [4.69, 9.17) is 5.73 Å². The number of benzene rings is 1. The van der Waals surface area contributed by atoms with Crippen molar-refractivity contribution in [2.24, 2.45) is 11.7 Å². The van der Waals surface area contributed by atoms with Crippen molar-refractivity contribution in [2.45, 2.75) is 25.8 Å². The van der Waals surface area contributed by atoms with Gasteiger partial charge in [0.1, 0.15) is 0 Å². The van der Waals surface area contributed by atoms with Gasteiger partial charge < -0.3 is 5.73 Å². The summed E-state index contributed by atoms with van der Waals surface area (Å²) in [6, 6.07) is 8.69. The second kappa shape index (κ2) is 3.28.